The first-order valence-electron chi connectivity index (χ1n) is 10.1. The highest BCUT2D eigenvalue weighted by Crippen LogP contribution is 2.31. The van der Waals surface area contributed by atoms with Crippen LogP contribution < -0.4 is 10.3 Å². The quantitative estimate of drug-likeness (QED) is 0.671. The molecule has 1 saturated heterocycles. The van der Waals surface area contributed by atoms with E-state index in [1.807, 2.05) is 16.4 Å². The van der Waals surface area contributed by atoms with Gasteiger partial charge in [0.25, 0.3) is 0 Å². The highest BCUT2D eigenvalue weighted by molar-refractivity contribution is 6.34. The third-order valence-electron chi connectivity index (χ3n) is 5.13. The van der Waals surface area contributed by atoms with Crippen LogP contribution >= 0.6 is 11.6 Å². The first kappa shape index (κ1) is 22.0. The van der Waals surface area contributed by atoms with E-state index >= 15 is 0 Å². The van der Waals surface area contributed by atoms with Crippen molar-refractivity contribution in [1.29, 1.82) is 0 Å². The van der Waals surface area contributed by atoms with Crippen LogP contribution in [0.15, 0.2) is 23.1 Å². The lowest BCUT2D eigenvalue weighted by molar-refractivity contribution is 0.0524. The molecular weight excluding hydrogens is 410 g/mol. The molecule has 0 spiro atoms. The Morgan fingerprint density at radius 3 is 2.30 bits per heavy atom. The molecule has 2 heterocycles. The molecule has 1 aliphatic rings. The van der Waals surface area contributed by atoms with Crippen molar-refractivity contribution < 1.29 is 19.1 Å². The van der Waals surface area contributed by atoms with Gasteiger partial charge in [0.2, 0.25) is 5.43 Å². The molecule has 8 nitrogen and oxygen atoms in total. The maximum atomic E-state index is 13.0. The van der Waals surface area contributed by atoms with Gasteiger partial charge in [-0.15, -0.1) is 0 Å². The summed E-state index contributed by atoms with van der Waals surface area (Å²) in [7, 11) is 0. The molecule has 0 atom stereocenters. The van der Waals surface area contributed by atoms with Crippen molar-refractivity contribution in [3.05, 3.63) is 39.1 Å². The number of fused-ring (bicyclic) bond motifs is 1. The van der Waals surface area contributed by atoms with Gasteiger partial charge in [-0.25, -0.2) is 9.59 Å². The van der Waals surface area contributed by atoms with E-state index in [0.717, 1.165) is 0 Å². The Morgan fingerprint density at radius 2 is 1.70 bits per heavy atom. The zero-order chi connectivity index (χ0) is 21.8. The van der Waals surface area contributed by atoms with Crippen LogP contribution in [-0.4, -0.2) is 60.9 Å². The van der Waals surface area contributed by atoms with Gasteiger partial charge in [-0.05, 0) is 32.9 Å². The maximum absolute atomic E-state index is 13.0. The number of aryl methyl sites for hydroxylation is 1. The van der Waals surface area contributed by atoms with Gasteiger partial charge in [0.05, 0.1) is 29.4 Å². The summed E-state index contributed by atoms with van der Waals surface area (Å²) >= 11 is 6.56. The predicted molar refractivity (Wildman–Crippen MR) is 116 cm³/mol. The number of hydrogen-bond donors (Lipinski definition) is 0. The number of rotatable bonds is 5. The van der Waals surface area contributed by atoms with Gasteiger partial charge in [0, 0.05) is 44.3 Å². The Hall–Kier alpha value is -2.74. The first-order valence-corrected chi connectivity index (χ1v) is 10.5. The molecule has 30 heavy (non-hydrogen) atoms. The van der Waals surface area contributed by atoms with Crippen molar-refractivity contribution in [3.8, 4) is 0 Å². The van der Waals surface area contributed by atoms with E-state index in [0.29, 0.717) is 60.9 Å². The van der Waals surface area contributed by atoms with E-state index in [9.17, 15) is 14.4 Å². The highest BCUT2D eigenvalue weighted by atomic mass is 35.5. The number of piperazine rings is 1. The molecule has 0 N–H and O–H groups in total. The lowest BCUT2D eigenvalue weighted by Crippen LogP contribution is -2.49. The molecule has 1 amide bonds. The van der Waals surface area contributed by atoms with E-state index < -0.39 is 5.97 Å². The van der Waals surface area contributed by atoms with Gasteiger partial charge in [-0.3, -0.25) is 4.79 Å². The van der Waals surface area contributed by atoms with E-state index in [-0.39, 0.29) is 23.7 Å². The molecule has 3 rings (SSSR count). The molecule has 162 valence electrons. The number of benzene rings is 1. The van der Waals surface area contributed by atoms with Gasteiger partial charge in [0.1, 0.15) is 5.56 Å². The average Bonchev–Trinajstić information content (AvgIpc) is 2.74. The van der Waals surface area contributed by atoms with E-state index in [4.69, 9.17) is 21.1 Å². The molecule has 1 fully saturated rings. The number of esters is 1. The first-order chi connectivity index (χ1) is 14.4. The molecule has 0 saturated carbocycles. The van der Waals surface area contributed by atoms with Crippen LogP contribution in [0.1, 0.15) is 31.1 Å². The number of halogens is 1. The number of nitrogens with zero attached hydrogens (tertiary/aromatic N) is 3. The van der Waals surface area contributed by atoms with Crippen molar-refractivity contribution in [2.45, 2.75) is 27.3 Å². The number of carbonyl (C=O) groups excluding carboxylic acids is 2. The fourth-order valence-electron chi connectivity index (χ4n) is 3.60. The van der Waals surface area contributed by atoms with E-state index in [2.05, 4.69) is 0 Å². The Morgan fingerprint density at radius 1 is 1.03 bits per heavy atom. The Kier molecular flexibility index (Phi) is 6.87. The van der Waals surface area contributed by atoms with Crippen LogP contribution in [0.2, 0.25) is 5.02 Å². The van der Waals surface area contributed by atoms with Gasteiger partial charge >= 0.3 is 12.1 Å². The maximum Gasteiger partial charge on any atom is 0.409 e. The number of pyridine rings is 1. The van der Waals surface area contributed by atoms with Gasteiger partial charge in [-0.2, -0.15) is 0 Å². The fourth-order valence-corrected chi connectivity index (χ4v) is 3.88. The summed E-state index contributed by atoms with van der Waals surface area (Å²) in [6.07, 6.45) is 1.20. The minimum Gasteiger partial charge on any atom is -0.462 e. The summed E-state index contributed by atoms with van der Waals surface area (Å²) in [5.41, 5.74) is 0.991. The molecule has 1 aromatic heterocycles. The standard InChI is InChI=1S/C21H26ClN3O5/c1-4-23-13-15(20(27)29-5-2)19(26)14-11-18(16(22)12-17(14)23)24-7-9-25(10-8-24)21(28)30-6-3/h11-13H,4-10H2,1-3H3. The summed E-state index contributed by atoms with van der Waals surface area (Å²) in [4.78, 5) is 40.9. The Balaban J connectivity index is 1.98. The van der Waals surface area contributed by atoms with Crippen LogP contribution in [0.5, 0.6) is 0 Å². The van der Waals surface area contributed by atoms with E-state index in [1.54, 1.807) is 30.9 Å². The average molecular weight is 436 g/mol. The number of carbonyl (C=O) groups is 2. The summed E-state index contributed by atoms with van der Waals surface area (Å²) in [5, 5.41) is 0.923. The summed E-state index contributed by atoms with van der Waals surface area (Å²) in [6, 6.07) is 3.48. The third-order valence-corrected chi connectivity index (χ3v) is 5.43. The van der Waals surface area contributed by atoms with E-state index in [1.165, 1.54) is 6.20 Å². The monoisotopic (exact) mass is 435 g/mol. The van der Waals surface area contributed by atoms with Crippen molar-refractivity contribution >= 4 is 40.3 Å². The molecule has 2 aromatic rings. The minimum absolute atomic E-state index is 0.00611. The number of hydrogen-bond acceptors (Lipinski definition) is 6. The second-order valence-electron chi connectivity index (χ2n) is 6.87. The van der Waals surface area contributed by atoms with Crippen LogP contribution in [0.4, 0.5) is 10.5 Å². The Labute approximate surface area is 179 Å². The van der Waals surface area contributed by atoms with Crippen LogP contribution in [0, 0.1) is 0 Å². The second-order valence-corrected chi connectivity index (χ2v) is 7.28. The molecule has 9 heteroatoms. The third kappa shape index (κ3) is 4.23. The van der Waals surface area contributed by atoms with Crippen molar-refractivity contribution in [2.24, 2.45) is 0 Å². The number of amides is 1. The van der Waals surface area contributed by atoms with Gasteiger partial charge < -0.3 is 23.8 Å². The summed E-state index contributed by atoms with van der Waals surface area (Å²) in [5.74, 6) is -0.633. The fraction of sp³-hybridized carbons (Fsp3) is 0.476. The largest absolute Gasteiger partial charge is 0.462 e. The van der Waals surface area contributed by atoms with Gasteiger partial charge in [0.15, 0.2) is 0 Å². The van der Waals surface area contributed by atoms with Crippen molar-refractivity contribution in [2.75, 3.05) is 44.3 Å². The number of anilines is 1. The highest BCUT2D eigenvalue weighted by Gasteiger charge is 2.25. The molecule has 0 aliphatic carbocycles. The lowest BCUT2D eigenvalue weighted by Gasteiger charge is -2.36. The van der Waals surface area contributed by atoms with Crippen LogP contribution in [0.25, 0.3) is 10.9 Å². The smallest absolute Gasteiger partial charge is 0.409 e. The lowest BCUT2D eigenvalue weighted by atomic mass is 10.1. The molecule has 1 aliphatic heterocycles. The zero-order valence-corrected chi connectivity index (χ0v) is 18.2. The summed E-state index contributed by atoms with van der Waals surface area (Å²) in [6.45, 7) is 8.60. The zero-order valence-electron chi connectivity index (χ0n) is 17.4. The van der Waals surface area contributed by atoms with Crippen LogP contribution in [0.3, 0.4) is 0 Å². The molecule has 0 radical (unpaired) electrons. The number of aromatic nitrogens is 1. The number of ether oxygens (including phenoxy) is 2. The van der Waals surface area contributed by atoms with Crippen molar-refractivity contribution in [1.82, 2.24) is 9.47 Å². The molecule has 0 unspecified atom stereocenters. The molecule has 1 aromatic carbocycles. The van der Waals surface area contributed by atoms with Gasteiger partial charge in [-0.1, -0.05) is 11.6 Å². The van der Waals surface area contributed by atoms with Crippen LogP contribution in [-0.2, 0) is 16.0 Å². The molecule has 0 bridgehead atoms. The Bertz CT molecular complexity index is 1010. The predicted octanol–water partition coefficient (Wildman–Crippen LogP) is 3.13. The SMILES string of the molecule is CCOC(=O)c1cn(CC)c2cc(Cl)c(N3CCN(C(=O)OCC)CC3)cc2c1=O. The molecular formula is C21H26ClN3O5. The summed E-state index contributed by atoms with van der Waals surface area (Å²) < 4.78 is 11.9. The topological polar surface area (TPSA) is 81.1 Å². The van der Waals surface area contributed by atoms with Crippen molar-refractivity contribution in [3.63, 3.8) is 0 Å². The minimum atomic E-state index is -0.633. The normalized spacial score (nSPS) is 14.1. The second kappa shape index (κ2) is 9.38.